The molecule has 1 spiro atoms. The molecule has 3 aliphatic rings. The second-order valence-corrected chi connectivity index (χ2v) is 16.4. The van der Waals surface area contributed by atoms with Crippen molar-refractivity contribution in [2.24, 2.45) is 0 Å². The van der Waals surface area contributed by atoms with Gasteiger partial charge in [-0.3, -0.25) is 0 Å². The lowest BCUT2D eigenvalue weighted by molar-refractivity contribution is 0.508. The summed E-state index contributed by atoms with van der Waals surface area (Å²) in [7, 11) is 0. The summed E-state index contributed by atoms with van der Waals surface area (Å²) in [4.78, 5) is 5.06. The van der Waals surface area contributed by atoms with Crippen LogP contribution in [0.5, 0.6) is 0 Å². The molecule has 2 heteroatoms. The smallest absolute Gasteiger partial charge is 0.0505 e. The van der Waals surface area contributed by atoms with E-state index in [0.717, 1.165) is 25.7 Å². The molecule has 0 saturated carbocycles. The third-order valence-corrected chi connectivity index (χ3v) is 13.2. The summed E-state index contributed by atoms with van der Waals surface area (Å²) in [6.45, 7) is 4.77. The number of nitrogens with zero attached hydrogens (tertiary/aromatic N) is 2. The van der Waals surface area contributed by atoms with Crippen LogP contribution in [0.15, 0.2) is 182 Å². The van der Waals surface area contributed by atoms with Gasteiger partial charge < -0.3 is 9.80 Å². The van der Waals surface area contributed by atoms with Gasteiger partial charge in [-0.1, -0.05) is 135 Å². The Kier molecular flexibility index (Phi) is 7.41. The highest BCUT2D eigenvalue weighted by Gasteiger charge is 2.49. The first-order chi connectivity index (χ1) is 27.5. The molecule has 0 fully saturated rings. The standard InChI is InChI=1S/C54H44N2/c1-53(2)46-31-29-43(36-45(46)50-44-25-13-12-16-37(44)28-30-47(50)53)56(42-23-10-5-11-24-42)49-27-15-18-39-33-35-54(52(39)49)34-32-38-17-14-26-48(51(38)54)55(40-19-6-3-7-20-40)41-21-8-4-9-22-41/h3-31,36H,32-35H2,1-2H3/t54-/m1/s1. The van der Waals surface area contributed by atoms with Gasteiger partial charge in [-0.05, 0) is 142 Å². The van der Waals surface area contributed by atoms with Crippen LogP contribution >= 0.6 is 0 Å². The van der Waals surface area contributed by atoms with Gasteiger partial charge in [-0.25, -0.2) is 0 Å². The van der Waals surface area contributed by atoms with Crippen LogP contribution in [0.1, 0.15) is 60.1 Å². The molecule has 8 aromatic carbocycles. The largest absolute Gasteiger partial charge is 0.310 e. The fourth-order valence-corrected chi connectivity index (χ4v) is 10.8. The van der Waals surface area contributed by atoms with Gasteiger partial charge in [0.1, 0.15) is 0 Å². The average Bonchev–Trinajstić information content (AvgIpc) is 3.89. The molecule has 0 heterocycles. The highest BCUT2D eigenvalue weighted by molar-refractivity contribution is 6.03. The van der Waals surface area contributed by atoms with Crippen LogP contribution in [0.2, 0.25) is 0 Å². The molecule has 0 bridgehead atoms. The monoisotopic (exact) mass is 720 g/mol. The number of para-hydroxylation sites is 3. The van der Waals surface area contributed by atoms with Crippen molar-refractivity contribution >= 4 is 44.9 Å². The first kappa shape index (κ1) is 33.0. The lowest BCUT2D eigenvalue weighted by atomic mass is 9.74. The van der Waals surface area contributed by atoms with E-state index < -0.39 is 0 Å². The summed E-state index contributed by atoms with van der Waals surface area (Å²) < 4.78 is 0. The Morgan fingerprint density at radius 2 is 0.929 bits per heavy atom. The lowest BCUT2D eigenvalue weighted by Crippen LogP contribution is -2.27. The normalized spacial score (nSPS) is 17.0. The summed E-state index contributed by atoms with van der Waals surface area (Å²) in [5.74, 6) is 0. The van der Waals surface area contributed by atoms with E-state index in [2.05, 4.69) is 206 Å². The minimum absolute atomic E-state index is 0.0871. The first-order valence-electron chi connectivity index (χ1n) is 20.2. The van der Waals surface area contributed by atoms with Crippen LogP contribution in [0.25, 0.3) is 21.9 Å². The van der Waals surface area contributed by atoms with Crippen molar-refractivity contribution < 1.29 is 0 Å². The highest BCUT2D eigenvalue weighted by atomic mass is 15.2. The number of hydrogen-bond donors (Lipinski definition) is 0. The predicted octanol–water partition coefficient (Wildman–Crippen LogP) is 14.3. The molecule has 0 amide bonds. The van der Waals surface area contributed by atoms with Crippen LogP contribution in [-0.2, 0) is 23.7 Å². The fraction of sp³-hybridized carbons (Fsp3) is 0.148. The van der Waals surface area contributed by atoms with Gasteiger partial charge in [0.05, 0.1) is 11.4 Å². The molecular formula is C54H44N2. The number of rotatable bonds is 6. The van der Waals surface area contributed by atoms with Crippen molar-refractivity contribution in [2.45, 2.75) is 50.4 Å². The zero-order chi connectivity index (χ0) is 37.4. The van der Waals surface area contributed by atoms with Crippen LogP contribution in [0.4, 0.5) is 34.1 Å². The molecule has 0 unspecified atom stereocenters. The van der Waals surface area contributed by atoms with E-state index in [1.165, 1.54) is 89.4 Å². The zero-order valence-corrected chi connectivity index (χ0v) is 32.0. The van der Waals surface area contributed by atoms with Gasteiger partial charge in [0, 0.05) is 33.6 Å². The van der Waals surface area contributed by atoms with Gasteiger partial charge in [-0.15, -0.1) is 0 Å². The molecule has 270 valence electrons. The van der Waals surface area contributed by atoms with Crippen molar-refractivity contribution in [2.75, 3.05) is 9.80 Å². The molecule has 0 saturated heterocycles. The Balaban J connectivity index is 1.14. The van der Waals surface area contributed by atoms with E-state index in [0.29, 0.717) is 0 Å². The van der Waals surface area contributed by atoms with Gasteiger partial charge in [0.15, 0.2) is 0 Å². The summed E-state index contributed by atoms with van der Waals surface area (Å²) in [6.07, 6.45) is 4.33. The van der Waals surface area contributed by atoms with Crippen molar-refractivity contribution in [3.05, 3.63) is 215 Å². The Labute approximate surface area is 330 Å². The van der Waals surface area contributed by atoms with E-state index in [1.807, 2.05) is 0 Å². The third-order valence-electron chi connectivity index (χ3n) is 13.2. The molecule has 3 aliphatic carbocycles. The van der Waals surface area contributed by atoms with E-state index in [-0.39, 0.29) is 10.8 Å². The number of benzene rings is 8. The van der Waals surface area contributed by atoms with Crippen LogP contribution in [0, 0.1) is 0 Å². The minimum Gasteiger partial charge on any atom is -0.310 e. The molecule has 0 aromatic heterocycles. The molecule has 0 aliphatic heterocycles. The number of fused-ring (bicyclic) bond motifs is 9. The number of anilines is 6. The molecule has 0 radical (unpaired) electrons. The van der Waals surface area contributed by atoms with Gasteiger partial charge in [0.25, 0.3) is 0 Å². The van der Waals surface area contributed by atoms with Crippen LogP contribution in [-0.4, -0.2) is 0 Å². The summed E-state index contributed by atoms with van der Waals surface area (Å²) in [5, 5.41) is 2.62. The van der Waals surface area contributed by atoms with Crippen LogP contribution in [0.3, 0.4) is 0 Å². The Bertz CT molecular complexity index is 2740. The summed E-state index contributed by atoms with van der Waals surface area (Å²) in [6, 6.07) is 67.9. The fourth-order valence-electron chi connectivity index (χ4n) is 10.8. The average molecular weight is 721 g/mol. The van der Waals surface area contributed by atoms with Gasteiger partial charge in [0.2, 0.25) is 0 Å². The van der Waals surface area contributed by atoms with Crippen LogP contribution < -0.4 is 9.80 Å². The maximum absolute atomic E-state index is 2.56. The quantitative estimate of drug-likeness (QED) is 0.169. The molecular weight excluding hydrogens is 677 g/mol. The minimum atomic E-state index is -0.131. The Hall–Kier alpha value is -6.38. The van der Waals surface area contributed by atoms with E-state index in [9.17, 15) is 0 Å². The molecule has 56 heavy (non-hydrogen) atoms. The van der Waals surface area contributed by atoms with Crippen molar-refractivity contribution in [3.63, 3.8) is 0 Å². The van der Waals surface area contributed by atoms with Crippen molar-refractivity contribution in [1.82, 2.24) is 0 Å². The first-order valence-corrected chi connectivity index (χ1v) is 20.2. The second-order valence-electron chi connectivity index (χ2n) is 16.4. The zero-order valence-electron chi connectivity index (χ0n) is 32.0. The lowest BCUT2D eigenvalue weighted by Gasteiger charge is -2.37. The van der Waals surface area contributed by atoms with Crippen molar-refractivity contribution in [3.8, 4) is 11.1 Å². The predicted molar refractivity (Wildman–Crippen MR) is 235 cm³/mol. The Morgan fingerprint density at radius 3 is 1.50 bits per heavy atom. The number of hydrogen-bond acceptors (Lipinski definition) is 2. The molecule has 2 nitrogen and oxygen atoms in total. The van der Waals surface area contributed by atoms with E-state index in [4.69, 9.17) is 0 Å². The van der Waals surface area contributed by atoms with Gasteiger partial charge >= 0.3 is 0 Å². The second kappa shape index (κ2) is 12.6. The Morgan fingerprint density at radius 1 is 0.429 bits per heavy atom. The maximum atomic E-state index is 2.56. The van der Waals surface area contributed by atoms with E-state index in [1.54, 1.807) is 0 Å². The maximum Gasteiger partial charge on any atom is 0.0505 e. The highest BCUT2D eigenvalue weighted by Crippen LogP contribution is 2.60. The summed E-state index contributed by atoms with van der Waals surface area (Å²) >= 11 is 0. The molecule has 11 rings (SSSR count). The van der Waals surface area contributed by atoms with Gasteiger partial charge in [-0.2, -0.15) is 0 Å². The molecule has 8 aromatic rings. The van der Waals surface area contributed by atoms with E-state index >= 15 is 0 Å². The molecule has 1 atom stereocenters. The van der Waals surface area contributed by atoms with Crippen molar-refractivity contribution in [1.29, 1.82) is 0 Å². The summed E-state index contributed by atoms with van der Waals surface area (Å²) in [5.41, 5.74) is 18.5. The topological polar surface area (TPSA) is 6.48 Å². The molecule has 0 N–H and O–H groups in total. The third kappa shape index (κ3) is 4.81. The number of aryl methyl sites for hydroxylation is 2. The SMILES string of the molecule is CC1(C)c2ccc(N(c3ccccc3)c3cccc4c3[C@]3(CCc5cccc(N(c6ccccc6)c6ccccc6)c53)CC4)cc2-c2c1ccc1ccccc21.